The van der Waals surface area contributed by atoms with Crippen molar-refractivity contribution in [3.63, 3.8) is 0 Å². The van der Waals surface area contributed by atoms with E-state index in [2.05, 4.69) is 64.5 Å². The molecule has 0 radical (unpaired) electrons. The molecule has 52 heavy (non-hydrogen) atoms. The first-order chi connectivity index (χ1) is 23.7. The molecule has 0 saturated carbocycles. The van der Waals surface area contributed by atoms with Crippen LogP contribution in [-0.4, -0.2) is 0 Å². The zero-order valence-corrected chi connectivity index (χ0v) is 34.3. The number of rotatable bonds is 5. The van der Waals surface area contributed by atoms with Crippen molar-refractivity contribution >= 4 is 17.1 Å². The minimum atomic E-state index is 0. The molecule has 0 saturated heterocycles. The maximum Gasteiger partial charge on any atom is 0.135 e. The molecule has 0 aliphatic heterocycles. The third kappa shape index (κ3) is 19.7. The smallest absolute Gasteiger partial charge is 0.135 e. The van der Waals surface area contributed by atoms with Crippen LogP contribution in [0.3, 0.4) is 0 Å². The van der Waals surface area contributed by atoms with Crippen LogP contribution in [0.2, 0.25) is 0 Å². The molecule has 6 aromatic carbocycles. The minimum absolute atomic E-state index is 0. The van der Waals surface area contributed by atoms with Crippen molar-refractivity contribution in [2.75, 3.05) is 0 Å². The molecule has 0 aliphatic rings. The molecular weight excluding hydrogens is 819 g/mol. The zero-order chi connectivity index (χ0) is 35.9. The molecule has 0 spiro atoms. The predicted octanol–water partition coefficient (Wildman–Crippen LogP) is 14.1. The number of hydrogen-bond donors (Lipinski definition) is 1. The topological polar surface area (TPSA) is 75.2 Å². The summed E-state index contributed by atoms with van der Waals surface area (Å²) in [6, 6.07) is 53.7. The van der Waals surface area contributed by atoms with Crippen LogP contribution >= 0.6 is 0 Å². The Balaban J connectivity index is 0. The molecule has 3 nitrogen and oxygen atoms in total. The summed E-state index contributed by atoms with van der Waals surface area (Å²) >= 11 is 0. The van der Waals surface area contributed by atoms with Gasteiger partial charge in [-0.2, -0.15) is 13.8 Å². The van der Waals surface area contributed by atoms with E-state index < -0.39 is 0 Å². The Hall–Kier alpha value is -3.80. The van der Waals surface area contributed by atoms with Crippen LogP contribution in [0.4, 0.5) is 17.1 Å². The fraction of sp³-hybridized carbons (Fsp3) is 0.128. The van der Waals surface area contributed by atoms with Gasteiger partial charge in [-0.25, -0.2) is 0 Å². The quantitative estimate of drug-likeness (QED) is 0.132. The second-order valence-electron chi connectivity index (χ2n) is 11.5. The van der Waals surface area contributed by atoms with Crippen LogP contribution < -0.4 is 5.73 Å². The van der Waals surface area contributed by atoms with Crippen LogP contribution in [0.15, 0.2) is 164 Å². The van der Waals surface area contributed by atoms with Gasteiger partial charge in [-0.1, -0.05) is 152 Å². The fourth-order valence-electron chi connectivity index (χ4n) is 4.12. The van der Waals surface area contributed by atoms with Crippen LogP contribution in [0, 0.1) is 46.0 Å². The molecule has 2 unspecified atom stereocenters. The van der Waals surface area contributed by atoms with Crippen LogP contribution in [-0.2, 0) is 40.8 Å². The maximum atomic E-state index is 7.71. The van der Waals surface area contributed by atoms with Gasteiger partial charge in [0.1, 0.15) is 5.69 Å². The Morgan fingerprint density at radius 2 is 0.673 bits per heavy atom. The van der Waals surface area contributed by atoms with E-state index in [-0.39, 0.29) is 48.3 Å². The van der Waals surface area contributed by atoms with Crippen molar-refractivity contribution in [1.29, 1.82) is 0 Å². The summed E-state index contributed by atoms with van der Waals surface area (Å²) in [6.45, 7) is 15.5. The summed E-state index contributed by atoms with van der Waals surface area (Å²) in [5.74, 6) is 1.02. The van der Waals surface area contributed by atoms with E-state index in [0.29, 0.717) is 23.2 Å². The standard InChI is InChI=1S/C12H11N.2C12H10N.2C5H10.CH3.2Pd/c3*13-12-9-5-4-8-11(12)10-6-2-1-3-7-10;2*1-4-5(2)3;;;/h1-9H,13H2;2*1-9,13H;2*4-5H,2H2,1,3H3;1H3;;/q;2*-1;2*-2;-1;;/p+1. The largest absolute Gasteiger partial charge is 0.698 e. The average molecular weight is 875 g/mol. The van der Waals surface area contributed by atoms with Gasteiger partial charge >= 0.3 is 0 Å². The predicted molar refractivity (Wildman–Crippen MR) is 222 cm³/mol. The van der Waals surface area contributed by atoms with Crippen LogP contribution in [0.5, 0.6) is 0 Å². The van der Waals surface area contributed by atoms with Crippen molar-refractivity contribution in [1.82, 2.24) is 0 Å². The molecular formula is C47H55N3Pd2-6. The molecule has 5 heteroatoms. The van der Waals surface area contributed by atoms with Gasteiger partial charge in [0.15, 0.2) is 0 Å². The van der Waals surface area contributed by atoms with Crippen molar-refractivity contribution in [3.8, 4) is 33.4 Å². The summed E-state index contributed by atoms with van der Waals surface area (Å²) in [7, 11) is 0. The molecule has 0 heterocycles. The first kappa shape index (κ1) is 50.3. The number of hydrogen-bond acceptors (Lipinski definition) is 0. The molecule has 284 valence electrons. The molecule has 0 amide bonds. The van der Waals surface area contributed by atoms with E-state index >= 15 is 0 Å². The molecule has 6 rings (SSSR count). The molecule has 6 aromatic rings. The van der Waals surface area contributed by atoms with Crippen molar-refractivity contribution in [2.45, 2.75) is 27.7 Å². The maximum absolute atomic E-state index is 7.71. The number of quaternary nitrogens is 1. The minimum Gasteiger partial charge on any atom is -0.698 e. The van der Waals surface area contributed by atoms with Crippen LogP contribution in [0.1, 0.15) is 27.7 Å². The average Bonchev–Trinajstić information content (AvgIpc) is 3.14. The molecule has 0 bridgehead atoms. The zero-order valence-electron chi connectivity index (χ0n) is 31.2. The van der Waals surface area contributed by atoms with Crippen molar-refractivity contribution < 1.29 is 46.6 Å². The van der Waals surface area contributed by atoms with E-state index in [4.69, 9.17) is 11.5 Å². The van der Waals surface area contributed by atoms with Gasteiger partial charge in [0.25, 0.3) is 0 Å². The van der Waals surface area contributed by atoms with E-state index in [1.54, 1.807) is 0 Å². The van der Waals surface area contributed by atoms with Crippen molar-refractivity contribution in [2.24, 2.45) is 11.8 Å². The Bertz CT molecular complexity index is 1510. The molecule has 0 aliphatic carbocycles. The summed E-state index contributed by atoms with van der Waals surface area (Å²) in [4.78, 5) is 0. The van der Waals surface area contributed by atoms with Gasteiger partial charge in [0.2, 0.25) is 0 Å². The second-order valence-corrected chi connectivity index (χ2v) is 11.5. The first-order valence-electron chi connectivity index (χ1n) is 16.6. The van der Waals surface area contributed by atoms with Gasteiger partial charge in [-0.05, 0) is 39.9 Å². The summed E-state index contributed by atoms with van der Waals surface area (Å²) in [5.41, 5.74) is 28.3. The molecule has 0 aromatic heterocycles. The molecule has 0 fully saturated rings. The van der Waals surface area contributed by atoms with Gasteiger partial charge in [0.05, 0.1) is 0 Å². The fourth-order valence-corrected chi connectivity index (χ4v) is 4.12. The summed E-state index contributed by atoms with van der Waals surface area (Å²) < 4.78 is 0. The summed E-state index contributed by atoms with van der Waals surface area (Å²) in [6.07, 6.45) is 4.11. The Kier molecular flexibility index (Phi) is 28.8. The van der Waals surface area contributed by atoms with Gasteiger partial charge < -0.3 is 63.2 Å². The van der Waals surface area contributed by atoms with Crippen LogP contribution in [0.25, 0.3) is 44.8 Å². The van der Waals surface area contributed by atoms with Gasteiger partial charge in [0, 0.05) is 46.4 Å². The third-order valence-corrected chi connectivity index (χ3v) is 7.26. The third-order valence-electron chi connectivity index (χ3n) is 7.26. The normalized spacial score (nSPS) is 10.3. The Morgan fingerprint density at radius 3 is 0.942 bits per heavy atom. The van der Waals surface area contributed by atoms with Crippen molar-refractivity contribution in [3.05, 3.63) is 209 Å². The SMILES string of the molecule is [CH2-]C(C)[CH-]C.[CH2-]C(C)[CH-]C.[CH3-].[NH-]c1ccccc1-c1ccccc1.[NH-]c1ccccc1-c1ccccc1.[NH3+]c1ccccc1-c1ccccc1.[Pd].[Pd]. The molecule has 2 atom stereocenters. The monoisotopic (exact) mass is 873 g/mol. The van der Waals surface area contributed by atoms with Gasteiger partial charge in [-0.3, -0.25) is 0 Å². The van der Waals surface area contributed by atoms with E-state index in [1.165, 1.54) is 11.1 Å². The van der Waals surface area contributed by atoms with E-state index in [9.17, 15) is 0 Å². The Labute approximate surface area is 343 Å². The number of nitrogens with one attached hydrogen (secondary N) is 2. The first-order valence-corrected chi connectivity index (χ1v) is 16.6. The number of benzene rings is 6. The molecule has 5 N–H and O–H groups in total. The van der Waals surface area contributed by atoms with E-state index in [0.717, 1.165) is 27.9 Å². The summed E-state index contributed by atoms with van der Waals surface area (Å²) in [5, 5.41) is 0. The Morgan fingerprint density at radius 1 is 0.442 bits per heavy atom. The second kappa shape index (κ2) is 29.7. The van der Waals surface area contributed by atoms with E-state index in [1.807, 2.05) is 159 Å². The van der Waals surface area contributed by atoms with Gasteiger partial charge in [-0.15, -0.1) is 25.2 Å².